The van der Waals surface area contributed by atoms with Crippen LogP contribution in [0.2, 0.25) is 5.02 Å². The Hall–Kier alpha value is -2.25. The molecule has 28 heavy (non-hydrogen) atoms. The van der Waals surface area contributed by atoms with Gasteiger partial charge in [-0.3, -0.25) is 4.79 Å². The third kappa shape index (κ3) is 3.69. The van der Waals surface area contributed by atoms with Gasteiger partial charge in [0.15, 0.2) is 26.6 Å². The third-order valence-corrected chi connectivity index (χ3v) is 7.17. The summed E-state index contributed by atoms with van der Waals surface area (Å²) in [6.45, 7) is 1.23. The number of rotatable bonds is 5. The van der Waals surface area contributed by atoms with Gasteiger partial charge in [-0.25, -0.2) is 8.42 Å². The van der Waals surface area contributed by atoms with E-state index < -0.39 is 15.1 Å². The molecule has 148 valence electrons. The maximum absolute atomic E-state index is 13.3. The molecule has 0 N–H and O–H groups in total. The van der Waals surface area contributed by atoms with Gasteiger partial charge >= 0.3 is 0 Å². The molecule has 0 unspecified atom stereocenters. The van der Waals surface area contributed by atoms with Crippen LogP contribution >= 0.6 is 11.6 Å². The average molecular weight is 422 g/mol. The number of amides is 1. The maximum atomic E-state index is 13.3. The zero-order chi connectivity index (χ0) is 19.7. The molecule has 0 aromatic heterocycles. The Morgan fingerprint density at radius 2 is 1.82 bits per heavy atom. The van der Waals surface area contributed by atoms with Gasteiger partial charge in [-0.2, -0.15) is 0 Å². The maximum Gasteiger partial charge on any atom is 0.245 e. The van der Waals surface area contributed by atoms with Crippen molar-refractivity contribution < 1.29 is 22.7 Å². The van der Waals surface area contributed by atoms with Gasteiger partial charge in [0, 0.05) is 13.1 Å². The molecule has 8 heteroatoms. The van der Waals surface area contributed by atoms with E-state index in [9.17, 15) is 13.2 Å². The van der Waals surface area contributed by atoms with Gasteiger partial charge in [-0.1, -0.05) is 41.9 Å². The van der Waals surface area contributed by atoms with Gasteiger partial charge in [0.2, 0.25) is 12.7 Å². The smallest absolute Gasteiger partial charge is 0.245 e. The monoisotopic (exact) mass is 421 g/mol. The molecular weight excluding hydrogens is 402 g/mol. The molecule has 4 rings (SSSR count). The van der Waals surface area contributed by atoms with Crippen molar-refractivity contribution in [3.8, 4) is 11.5 Å². The molecule has 0 aliphatic carbocycles. The van der Waals surface area contributed by atoms with Gasteiger partial charge in [0.1, 0.15) is 0 Å². The van der Waals surface area contributed by atoms with Crippen molar-refractivity contribution in [2.45, 2.75) is 23.8 Å². The number of benzene rings is 2. The highest BCUT2D eigenvalue weighted by Crippen LogP contribution is 2.41. The predicted molar refractivity (Wildman–Crippen MR) is 105 cm³/mol. The Bertz CT molecular complexity index is 987. The standard InChI is InChI=1S/C20H20ClNO5S/c21-16-10-14(11-17-18(16)27-13-26-17)12-28(24,25)19(15-6-2-1-3-7-15)20(23)22-8-4-5-9-22/h1-3,6-7,10-11,19H,4-5,8-9,12-13H2/t19-/m0/s1. The minimum absolute atomic E-state index is 0.0470. The minimum Gasteiger partial charge on any atom is -0.454 e. The Labute approximate surface area is 168 Å². The van der Waals surface area contributed by atoms with Gasteiger partial charge in [-0.05, 0) is 36.1 Å². The summed E-state index contributed by atoms with van der Waals surface area (Å²) in [4.78, 5) is 14.8. The van der Waals surface area contributed by atoms with Crippen LogP contribution in [0.4, 0.5) is 0 Å². The summed E-state index contributed by atoms with van der Waals surface area (Å²) in [7, 11) is -3.85. The Kier molecular flexibility index (Phi) is 5.21. The normalized spacial score (nSPS) is 17.0. The van der Waals surface area contributed by atoms with E-state index in [0.29, 0.717) is 40.7 Å². The molecule has 1 saturated heterocycles. The number of nitrogens with zero attached hydrogens (tertiary/aromatic N) is 1. The van der Waals surface area contributed by atoms with Crippen molar-refractivity contribution in [1.29, 1.82) is 0 Å². The third-order valence-electron chi connectivity index (χ3n) is 4.96. The minimum atomic E-state index is -3.85. The first-order valence-electron chi connectivity index (χ1n) is 9.09. The number of carbonyl (C=O) groups is 1. The molecule has 2 aromatic rings. The molecule has 0 radical (unpaired) electrons. The Morgan fingerprint density at radius 3 is 2.54 bits per heavy atom. The van der Waals surface area contributed by atoms with Crippen molar-refractivity contribution in [2.24, 2.45) is 0 Å². The van der Waals surface area contributed by atoms with E-state index in [2.05, 4.69) is 0 Å². The number of sulfone groups is 1. The van der Waals surface area contributed by atoms with Crippen molar-refractivity contribution in [2.75, 3.05) is 19.9 Å². The van der Waals surface area contributed by atoms with Crippen LogP contribution in [0.15, 0.2) is 42.5 Å². The highest BCUT2D eigenvalue weighted by atomic mass is 35.5. The van der Waals surface area contributed by atoms with Crippen LogP contribution in [0.25, 0.3) is 0 Å². The number of fused-ring (bicyclic) bond motifs is 1. The molecule has 2 heterocycles. The highest BCUT2D eigenvalue weighted by Gasteiger charge is 2.38. The predicted octanol–water partition coefficient (Wildman–Crippen LogP) is 3.35. The number of ether oxygens (including phenoxy) is 2. The topological polar surface area (TPSA) is 72.9 Å². The van der Waals surface area contributed by atoms with E-state index in [1.807, 2.05) is 0 Å². The molecule has 0 bridgehead atoms. The van der Waals surface area contributed by atoms with Crippen molar-refractivity contribution in [3.05, 3.63) is 58.6 Å². The molecule has 0 saturated carbocycles. The summed E-state index contributed by atoms with van der Waals surface area (Å²) in [6.07, 6.45) is 1.79. The second-order valence-corrected chi connectivity index (χ2v) is 9.43. The van der Waals surface area contributed by atoms with Crippen molar-refractivity contribution >= 4 is 27.3 Å². The molecule has 2 aliphatic rings. The van der Waals surface area contributed by atoms with E-state index in [4.69, 9.17) is 21.1 Å². The summed E-state index contributed by atoms with van der Waals surface area (Å²) in [5.74, 6) is 0.147. The van der Waals surface area contributed by atoms with Crippen molar-refractivity contribution in [3.63, 3.8) is 0 Å². The van der Waals surface area contributed by atoms with Crippen LogP contribution in [-0.4, -0.2) is 39.1 Å². The summed E-state index contributed by atoms with van der Waals surface area (Å²) in [5, 5.41) is -0.946. The molecule has 6 nitrogen and oxygen atoms in total. The Morgan fingerprint density at radius 1 is 1.11 bits per heavy atom. The average Bonchev–Trinajstić information content (AvgIpc) is 3.34. The summed E-state index contributed by atoms with van der Waals surface area (Å²) in [5.41, 5.74) is 0.940. The molecule has 2 aliphatic heterocycles. The molecule has 1 fully saturated rings. The van der Waals surface area contributed by atoms with Gasteiger partial charge < -0.3 is 14.4 Å². The van der Waals surface area contributed by atoms with Gasteiger partial charge in [0.05, 0.1) is 10.8 Å². The lowest BCUT2D eigenvalue weighted by Crippen LogP contribution is -2.36. The fourth-order valence-corrected chi connectivity index (χ4v) is 5.77. The van der Waals surface area contributed by atoms with E-state index in [-0.39, 0.29) is 18.5 Å². The lowest BCUT2D eigenvalue weighted by atomic mass is 10.1. The van der Waals surface area contributed by atoms with Crippen LogP contribution in [0.1, 0.15) is 29.2 Å². The molecular formula is C20H20ClNO5S. The van der Waals surface area contributed by atoms with Crippen LogP contribution in [0, 0.1) is 0 Å². The number of hydrogen-bond donors (Lipinski definition) is 0. The van der Waals surface area contributed by atoms with Gasteiger partial charge in [-0.15, -0.1) is 0 Å². The van der Waals surface area contributed by atoms with E-state index in [1.165, 1.54) is 0 Å². The molecule has 1 amide bonds. The summed E-state index contributed by atoms with van der Waals surface area (Å²) in [6, 6.07) is 11.8. The van der Waals surface area contributed by atoms with Crippen LogP contribution in [0.3, 0.4) is 0 Å². The molecule has 1 atom stereocenters. The van der Waals surface area contributed by atoms with Crippen molar-refractivity contribution in [1.82, 2.24) is 4.90 Å². The van der Waals surface area contributed by atoms with Crippen LogP contribution < -0.4 is 9.47 Å². The zero-order valence-corrected chi connectivity index (χ0v) is 16.7. The lowest BCUT2D eigenvalue weighted by molar-refractivity contribution is -0.129. The quantitative estimate of drug-likeness (QED) is 0.740. The van der Waals surface area contributed by atoms with Crippen LogP contribution in [0.5, 0.6) is 11.5 Å². The fraction of sp³-hybridized carbons (Fsp3) is 0.350. The number of carbonyl (C=O) groups excluding carboxylic acids is 1. The SMILES string of the molecule is O=C([C@H](c1ccccc1)S(=O)(=O)Cc1cc(Cl)c2c(c1)OCO2)N1CCCC1. The largest absolute Gasteiger partial charge is 0.454 e. The lowest BCUT2D eigenvalue weighted by Gasteiger charge is -2.23. The molecule has 2 aromatic carbocycles. The first-order valence-corrected chi connectivity index (χ1v) is 11.2. The molecule has 0 spiro atoms. The van der Waals surface area contributed by atoms with E-state index >= 15 is 0 Å². The summed E-state index contributed by atoms with van der Waals surface area (Å²) >= 11 is 6.19. The van der Waals surface area contributed by atoms with E-state index in [0.717, 1.165) is 12.8 Å². The zero-order valence-electron chi connectivity index (χ0n) is 15.1. The number of halogens is 1. The number of hydrogen-bond acceptors (Lipinski definition) is 5. The fourth-order valence-electron chi connectivity index (χ4n) is 3.65. The second kappa shape index (κ2) is 7.64. The number of likely N-dealkylation sites (tertiary alicyclic amines) is 1. The highest BCUT2D eigenvalue weighted by molar-refractivity contribution is 7.91. The summed E-state index contributed by atoms with van der Waals surface area (Å²) < 4.78 is 37.3. The first kappa shape index (κ1) is 19.1. The van der Waals surface area contributed by atoms with Gasteiger partial charge in [0.25, 0.3) is 0 Å². The second-order valence-electron chi connectivity index (χ2n) is 6.94. The Balaban J connectivity index is 1.69. The van der Waals surface area contributed by atoms with E-state index in [1.54, 1.807) is 47.4 Å². The first-order chi connectivity index (χ1) is 13.5. The van der Waals surface area contributed by atoms with Crippen LogP contribution in [-0.2, 0) is 20.4 Å².